The van der Waals surface area contributed by atoms with Crippen molar-refractivity contribution in [2.75, 3.05) is 0 Å². The number of amides is 1. The predicted molar refractivity (Wildman–Crippen MR) is 72.2 cm³/mol. The molecule has 1 aromatic heterocycles. The maximum Gasteiger partial charge on any atom is 0.305 e. The predicted octanol–water partition coefficient (Wildman–Crippen LogP) is 2.72. The van der Waals surface area contributed by atoms with Crippen LogP contribution < -0.4 is 5.32 Å². The molecule has 1 heterocycles. The first-order valence-corrected chi connectivity index (χ1v) is 7.51. The van der Waals surface area contributed by atoms with Crippen molar-refractivity contribution in [2.24, 2.45) is 5.92 Å². The van der Waals surface area contributed by atoms with Gasteiger partial charge in [-0.2, -0.15) is 8.78 Å². The first kappa shape index (κ1) is 15.8. The van der Waals surface area contributed by atoms with Crippen molar-refractivity contribution in [3.63, 3.8) is 0 Å². The number of carbonyl (C=O) groups excluding carboxylic acids is 1. The summed E-state index contributed by atoms with van der Waals surface area (Å²) in [6.07, 6.45) is 1.66. The SMILES string of the molecule is O=C(O)CC(NC(=O)c1ccc(CSC(F)F)o1)C1CC1. The third-order valence-corrected chi connectivity index (χ3v) is 3.84. The van der Waals surface area contributed by atoms with Crippen molar-refractivity contribution in [2.45, 2.75) is 36.8 Å². The molecular formula is C13H15F2NO4S. The third-order valence-electron chi connectivity index (χ3n) is 3.14. The summed E-state index contributed by atoms with van der Waals surface area (Å²) in [5, 5.41) is 11.5. The highest BCUT2D eigenvalue weighted by atomic mass is 32.2. The molecule has 116 valence electrons. The minimum atomic E-state index is -2.50. The van der Waals surface area contributed by atoms with Crippen LogP contribution in [0.5, 0.6) is 0 Å². The van der Waals surface area contributed by atoms with Crippen LogP contribution in [0.3, 0.4) is 0 Å². The Morgan fingerprint density at radius 3 is 2.71 bits per heavy atom. The van der Waals surface area contributed by atoms with Gasteiger partial charge in [-0.15, -0.1) is 0 Å². The monoisotopic (exact) mass is 319 g/mol. The van der Waals surface area contributed by atoms with Crippen LogP contribution in [-0.4, -0.2) is 28.8 Å². The van der Waals surface area contributed by atoms with Gasteiger partial charge in [0.05, 0.1) is 12.2 Å². The van der Waals surface area contributed by atoms with Crippen LogP contribution in [0.1, 0.15) is 35.6 Å². The van der Waals surface area contributed by atoms with Crippen LogP contribution in [0.2, 0.25) is 0 Å². The van der Waals surface area contributed by atoms with Crippen LogP contribution >= 0.6 is 11.8 Å². The van der Waals surface area contributed by atoms with Crippen molar-refractivity contribution in [3.8, 4) is 0 Å². The van der Waals surface area contributed by atoms with Gasteiger partial charge < -0.3 is 14.8 Å². The van der Waals surface area contributed by atoms with E-state index in [1.807, 2.05) is 0 Å². The number of hydrogen-bond donors (Lipinski definition) is 2. The normalized spacial score (nSPS) is 16.0. The van der Waals surface area contributed by atoms with E-state index in [4.69, 9.17) is 9.52 Å². The molecule has 21 heavy (non-hydrogen) atoms. The lowest BCUT2D eigenvalue weighted by Gasteiger charge is -2.15. The molecule has 5 nitrogen and oxygen atoms in total. The van der Waals surface area contributed by atoms with E-state index in [1.54, 1.807) is 0 Å². The van der Waals surface area contributed by atoms with Gasteiger partial charge in [-0.25, -0.2) is 0 Å². The molecule has 1 aromatic rings. The summed E-state index contributed by atoms with van der Waals surface area (Å²) in [5.74, 6) is -3.52. The number of hydrogen-bond acceptors (Lipinski definition) is 4. The second kappa shape index (κ2) is 6.93. The molecule has 2 rings (SSSR count). The van der Waals surface area contributed by atoms with E-state index in [1.165, 1.54) is 12.1 Å². The summed E-state index contributed by atoms with van der Waals surface area (Å²) >= 11 is 0.410. The molecule has 1 saturated carbocycles. The van der Waals surface area contributed by atoms with Gasteiger partial charge in [-0.05, 0) is 30.9 Å². The van der Waals surface area contributed by atoms with Crippen LogP contribution in [0, 0.1) is 5.92 Å². The van der Waals surface area contributed by atoms with Crippen molar-refractivity contribution >= 4 is 23.6 Å². The second-order valence-corrected chi connectivity index (χ2v) is 5.83. The van der Waals surface area contributed by atoms with E-state index in [9.17, 15) is 18.4 Å². The van der Waals surface area contributed by atoms with Gasteiger partial charge in [-0.3, -0.25) is 9.59 Å². The molecular weight excluding hydrogens is 304 g/mol. The van der Waals surface area contributed by atoms with E-state index in [-0.39, 0.29) is 29.6 Å². The summed E-state index contributed by atoms with van der Waals surface area (Å²) in [6, 6.07) is 2.45. The van der Waals surface area contributed by atoms with Crippen LogP contribution in [0.15, 0.2) is 16.5 Å². The summed E-state index contributed by atoms with van der Waals surface area (Å²) in [6.45, 7) is 0. The second-order valence-electron chi connectivity index (χ2n) is 4.85. The van der Waals surface area contributed by atoms with E-state index < -0.39 is 23.7 Å². The van der Waals surface area contributed by atoms with Gasteiger partial charge in [0.15, 0.2) is 5.76 Å². The summed E-state index contributed by atoms with van der Waals surface area (Å²) in [7, 11) is 0. The maximum atomic E-state index is 12.1. The number of nitrogens with one attached hydrogen (secondary N) is 1. The minimum absolute atomic E-state index is 0.0101. The smallest absolute Gasteiger partial charge is 0.305 e. The standard InChI is InChI=1S/C13H15F2NO4S/c14-13(15)21-6-8-3-4-10(20-8)12(19)16-9(5-11(17)18)7-1-2-7/h3-4,7,9,13H,1-2,5-6H2,(H,16,19)(H,17,18). The largest absolute Gasteiger partial charge is 0.481 e. The quantitative estimate of drug-likeness (QED) is 0.770. The zero-order valence-electron chi connectivity index (χ0n) is 11.1. The Morgan fingerprint density at radius 2 is 2.14 bits per heavy atom. The van der Waals surface area contributed by atoms with Crippen LogP contribution in [-0.2, 0) is 10.5 Å². The molecule has 0 aromatic carbocycles. The topological polar surface area (TPSA) is 79.5 Å². The number of carboxylic acid groups (broad SMARTS) is 1. The van der Waals surface area contributed by atoms with E-state index >= 15 is 0 Å². The van der Waals surface area contributed by atoms with E-state index in [2.05, 4.69) is 5.32 Å². The fourth-order valence-electron chi connectivity index (χ4n) is 1.98. The van der Waals surface area contributed by atoms with Gasteiger partial charge in [0, 0.05) is 6.04 Å². The summed E-state index contributed by atoms with van der Waals surface area (Å²) in [4.78, 5) is 22.7. The average molecular weight is 319 g/mol. The Bertz CT molecular complexity index is 516. The highest BCUT2D eigenvalue weighted by Crippen LogP contribution is 2.34. The lowest BCUT2D eigenvalue weighted by molar-refractivity contribution is -0.137. The fourth-order valence-corrected chi connectivity index (χ4v) is 2.43. The molecule has 0 spiro atoms. The Labute approximate surface area is 124 Å². The molecule has 1 aliphatic carbocycles. The molecule has 1 amide bonds. The van der Waals surface area contributed by atoms with Crippen molar-refractivity contribution in [1.29, 1.82) is 0 Å². The number of thioether (sulfide) groups is 1. The molecule has 8 heteroatoms. The summed E-state index contributed by atoms with van der Waals surface area (Å²) < 4.78 is 29.3. The Morgan fingerprint density at radius 1 is 1.43 bits per heavy atom. The molecule has 1 aliphatic rings. The molecule has 0 bridgehead atoms. The first-order valence-electron chi connectivity index (χ1n) is 6.47. The molecule has 2 N–H and O–H groups in total. The molecule has 1 unspecified atom stereocenters. The molecule has 1 atom stereocenters. The van der Waals surface area contributed by atoms with Gasteiger partial charge >= 0.3 is 5.97 Å². The number of furan rings is 1. The highest BCUT2D eigenvalue weighted by Gasteiger charge is 2.34. The van der Waals surface area contributed by atoms with Crippen molar-refractivity contribution < 1.29 is 27.9 Å². The van der Waals surface area contributed by atoms with Gasteiger partial charge in [-0.1, -0.05) is 11.8 Å². The summed E-state index contributed by atoms with van der Waals surface area (Å²) in [5.41, 5.74) is 0. The molecule has 1 fully saturated rings. The van der Waals surface area contributed by atoms with E-state index in [0.717, 1.165) is 12.8 Å². The molecule has 0 radical (unpaired) electrons. The molecule has 0 saturated heterocycles. The van der Waals surface area contributed by atoms with Gasteiger partial charge in [0.25, 0.3) is 11.7 Å². The number of alkyl halides is 2. The Hall–Kier alpha value is -1.57. The van der Waals surface area contributed by atoms with Crippen LogP contribution in [0.4, 0.5) is 8.78 Å². The maximum absolute atomic E-state index is 12.1. The lowest BCUT2D eigenvalue weighted by Crippen LogP contribution is -2.37. The lowest BCUT2D eigenvalue weighted by atomic mass is 10.1. The van der Waals surface area contributed by atoms with Crippen molar-refractivity contribution in [1.82, 2.24) is 5.32 Å². The van der Waals surface area contributed by atoms with Crippen molar-refractivity contribution in [3.05, 3.63) is 23.7 Å². The first-order chi connectivity index (χ1) is 9.95. The number of rotatable bonds is 8. The third kappa shape index (κ3) is 5.04. The van der Waals surface area contributed by atoms with Crippen LogP contribution in [0.25, 0.3) is 0 Å². The average Bonchev–Trinajstić information content (AvgIpc) is 3.13. The van der Waals surface area contributed by atoms with Gasteiger partial charge in [0.1, 0.15) is 5.76 Å². The fraction of sp³-hybridized carbons (Fsp3) is 0.538. The highest BCUT2D eigenvalue weighted by molar-refractivity contribution is 7.98. The number of carbonyl (C=O) groups is 2. The number of halogens is 2. The number of aliphatic carboxylic acids is 1. The molecule has 0 aliphatic heterocycles. The minimum Gasteiger partial charge on any atom is -0.481 e. The number of carboxylic acids is 1. The Kier molecular flexibility index (Phi) is 5.22. The zero-order valence-corrected chi connectivity index (χ0v) is 11.9. The van der Waals surface area contributed by atoms with E-state index in [0.29, 0.717) is 11.8 Å². The zero-order chi connectivity index (χ0) is 15.4. The Balaban J connectivity index is 1.91. The van der Waals surface area contributed by atoms with Gasteiger partial charge in [0.2, 0.25) is 0 Å².